The summed E-state index contributed by atoms with van der Waals surface area (Å²) >= 11 is 0. The first kappa shape index (κ1) is 17.1. The smallest absolute Gasteiger partial charge is 0.278 e. The Bertz CT molecular complexity index is 542. The highest BCUT2D eigenvalue weighted by atomic mass is 16.3. The highest BCUT2D eigenvalue weighted by Crippen LogP contribution is 2.22. The zero-order chi connectivity index (χ0) is 17.1. The zero-order valence-electron chi connectivity index (χ0n) is 14.9. The second-order valence-electron chi connectivity index (χ2n) is 7.36. The number of hydrogen-bond acceptors (Lipinski definition) is 3. The lowest BCUT2D eigenvalue weighted by Crippen LogP contribution is -3.16. The lowest BCUT2D eigenvalue weighted by molar-refractivity contribution is -0.892. The van der Waals surface area contributed by atoms with Crippen LogP contribution in [0.1, 0.15) is 33.1 Å². The topological polar surface area (TPSA) is 48.2 Å². The van der Waals surface area contributed by atoms with Crippen molar-refractivity contribution in [2.24, 2.45) is 0 Å². The fourth-order valence-electron chi connectivity index (χ4n) is 4.14. The number of phenolic OH excluding ortho intramolecular Hbond substituents is 1. The number of nitrogens with one attached hydrogen (secondary N) is 1. The molecule has 132 valence electrons. The van der Waals surface area contributed by atoms with Crippen LogP contribution in [-0.4, -0.2) is 60.7 Å². The Morgan fingerprint density at radius 2 is 1.71 bits per heavy atom. The number of nitrogens with zero attached hydrogens (tertiary/aromatic N) is 2. The molecule has 2 aliphatic rings. The van der Waals surface area contributed by atoms with E-state index in [9.17, 15) is 9.90 Å². The monoisotopic (exact) mass is 332 g/mol. The van der Waals surface area contributed by atoms with E-state index in [4.69, 9.17) is 0 Å². The molecule has 5 heteroatoms. The van der Waals surface area contributed by atoms with E-state index in [1.807, 2.05) is 12.1 Å². The number of likely N-dealkylation sites (tertiary alicyclic amines) is 1. The van der Waals surface area contributed by atoms with E-state index >= 15 is 0 Å². The first-order chi connectivity index (χ1) is 11.5. The molecule has 2 aliphatic heterocycles. The maximum absolute atomic E-state index is 12.7. The molecule has 0 aliphatic carbocycles. The Labute approximate surface area is 144 Å². The Kier molecular flexibility index (Phi) is 5.29. The summed E-state index contributed by atoms with van der Waals surface area (Å²) in [5.41, 5.74) is 1.15. The van der Waals surface area contributed by atoms with Crippen molar-refractivity contribution >= 4 is 11.6 Å². The Hall–Kier alpha value is -1.75. The van der Waals surface area contributed by atoms with Crippen molar-refractivity contribution < 1.29 is 14.8 Å². The fourth-order valence-corrected chi connectivity index (χ4v) is 4.14. The van der Waals surface area contributed by atoms with Gasteiger partial charge in [-0.2, -0.15) is 0 Å². The van der Waals surface area contributed by atoms with Crippen molar-refractivity contribution in [3.63, 3.8) is 0 Å². The van der Waals surface area contributed by atoms with Crippen molar-refractivity contribution in [1.29, 1.82) is 0 Å². The molecule has 2 heterocycles. The number of carbonyl (C=O) groups excluding carboxylic acids is 1. The van der Waals surface area contributed by atoms with Crippen LogP contribution in [-0.2, 0) is 4.79 Å². The first-order valence-electron chi connectivity index (χ1n) is 9.23. The number of piperazine rings is 1. The summed E-state index contributed by atoms with van der Waals surface area (Å²) in [6, 6.07) is 8.16. The van der Waals surface area contributed by atoms with Crippen molar-refractivity contribution in [2.75, 3.05) is 37.6 Å². The van der Waals surface area contributed by atoms with Crippen molar-refractivity contribution in [2.45, 2.75) is 45.2 Å². The molecule has 3 rings (SSSR count). The molecular weight excluding hydrogens is 302 g/mol. The van der Waals surface area contributed by atoms with Gasteiger partial charge in [-0.15, -0.1) is 0 Å². The summed E-state index contributed by atoms with van der Waals surface area (Å²) in [6.07, 6.45) is 3.52. The van der Waals surface area contributed by atoms with Crippen LogP contribution in [0, 0.1) is 0 Å². The predicted octanol–water partition coefficient (Wildman–Crippen LogP) is 0.887. The minimum absolute atomic E-state index is 0.304. The molecule has 0 aromatic heterocycles. The zero-order valence-corrected chi connectivity index (χ0v) is 14.9. The summed E-state index contributed by atoms with van der Waals surface area (Å²) in [4.78, 5) is 18.6. The average Bonchev–Trinajstić information content (AvgIpc) is 2.56. The van der Waals surface area contributed by atoms with Crippen molar-refractivity contribution in [3.05, 3.63) is 24.3 Å². The standard InChI is InChI=1S/C19H29N3O2/c1-15-4-3-5-16(2)22(15)19(24)14-20-10-12-21(13-11-20)17-6-8-18(23)9-7-17/h6-9,15-16,23H,3-5,10-14H2,1-2H3/p+1/t15-,16-/m0/s1. The minimum Gasteiger partial charge on any atom is -0.508 e. The molecule has 1 aromatic carbocycles. The van der Waals surface area contributed by atoms with Crippen LogP contribution in [0.25, 0.3) is 0 Å². The molecule has 2 saturated heterocycles. The summed E-state index contributed by atoms with van der Waals surface area (Å²) in [5.74, 6) is 0.626. The molecular formula is C19H30N3O2+. The van der Waals surface area contributed by atoms with Crippen molar-refractivity contribution in [1.82, 2.24) is 4.90 Å². The van der Waals surface area contributed by atoms with Crippen molar-refractivity contribution in [3.8, 4) is 5.75 Å². The lowest BCUT2D eigenvalue weighted by Gasteiger charge is -2.40. The number of quaternary nitrogens is 1. The van der Waals surface area contributed by atoms with E-state index in [0.29, 0.717) is 30.3 Å². The Balaban J connectivity index is 1.51. The van der Waals surface area contributed by atoms with Crippen LogP contribution >= 0.6 is 0 Å². The molecule has 1 amide bonds. The number of anilines is 1. The lowest BCUT2D eigenvalue weighted by atomic mass is 9.97. The molecule has 0 radical (unpaired) electrons. The van der Waals surface area contributed by atoms with Gasteiger partial charge in [0.15, 0.2) is 6.54 Å². The molecule has 1 aromatic rings. The number of piperidine rings is 1. The van der Waals surface area contributed by atoms with Crippen LogP contribution < -0.4 is 9.80 Å². The van der Waals surface area contributed by atoms with E-state index < -0.39 is 0 Å². The summed E-state index contributed by atoms with van der Waals surface area (Å²) in [5, 5.41) is 9.40. The summed E-state index contributed by atoms with van der Waals surface area (Å²) in [7, 11) is 0. The Morgan fingerprint density at radius 3 is 2.29 bits per heavy atom. The van der Waals surface area contributed by atoms with Gasteiger partial charge >= 0.3 is 0 Å². The van der Waals surface area contributed by atoms with Gasteiger partial charge in [-0.05, 0) is 57.4 Å². The van der Waals surface area contributed by atoms with Gasteiger partial charge in [-0.25, -0.2) is 0 Å². The third-order valence-corrected chi connectivity index (χ3v) is 5.57. The third kappa shape index (κ3) is 3.83. The van der Waals surface area contributed by atoms with Gasteiger partial charge in [-0.1, -0.05) is 0 Å². The molecule has 5 nitrogen and oxygen atoms in total. The molecule has 0 spiro atoms. The summed E-state index contributed by atoms with van der Waals surface area (Å²) < 4.78 is 0. The molecule has 0 saturated carbocycles. The number of phenols is 1. The van der Waals surface area contributed by atoms with Gasteiger partial charge in [0.2, 0.25) is 0 Å². The highest BCUT2D eigenvalue weighted by Gasteiger charge is 2.32. The first-order valence-corrected chi connectivity index (χ1v) is 9.23. The fraction of sp³-hybridized carbons (Fsp3) is 0.632. The average molecular weight is 332 g/mol. The predicted molar refractivity (Wildman–Crippen MR) is 95.5 cm³/mol. The van der Waals surface area contributed by atoms with Crippen LogP contribution in [0.4, 0.5) is 5.69 Å². The number of aromatic hydroxyl groups is 1. The second kappa shape index (κ2) is 7.43. The maximum atomic E-state index is 12.7. The number of benzene rings is 1. The molecule has 2 atom stereocenters. The number of hydrogen-bond donors (Lipinski definition) is 2. The normalized spacial score (nSPS) is 25.8. The van der Waals surface area contributed by atoms with E-state index in [0.717, 1.165) is 44.7 Å². The van der Waals surface area contributed by atoms with E-state index in [1.165, 1.54) is 11.3 Å². The highest BCUT2D eigenvalue weighted by molar-refractivity contribution is 5.77. The van der Waals surface area contributed by atoms with Crippen LogP contribution in [0.3, 0.4) is 0 Å². The van der Waals surface area contributed by atoms with Crippen LogP contribution in [0.5, 0.6) is 5.75 Å². The molecule has 24 heavy (non-hydrogen) atoms. The van der Waals surface area contributed by atoms with Gasteiger partial charge in [0.05, 0.1) is 26.2 Å². The van der Waals surface area contributed by atoms with Gasteiger partial charge < -0.3 is 19.8 Å². The van der Waals surface area contributed by atoms with Crippen LogP contribution in [0.15, 0.2) is 24.3 Å². The SMILES string of the molecule is C[C@H]1CCC[C@H](C)N1C(=O)C[NH+]1CCN(c2ccc(O)cc2)CC1. The molecule has 2 fully saturated rings. The quantitative estimate of drug-likeness (QED) is 0.864. The molecule has 0 unspecified atom stereocenters. The van der Waals surface area contributed by atoms with Gasteiger partial charge in [0.25, 0.3) is 5.91 Å². The minimum atomic E-state index is 0.304. The van der Waals surface area contributed by atoms with E-state index in [1.54, 1.807) is 12.1 Å². The Morgan fingerprint density at radius 1 is 1.12 bits per heavy atom. The van der Waals surface area contributed by atoms with E-state index in [2.05, 4.69) is 23.6 Å². The van der Waals surface area contributed by atoms with Gasteiger partial charge in [0, 0.05) is 17.8 Å². The van der Waals surface area contributed by atoms with E-state index in [-0.39, 0.29) is 0 Å². The number of amides is 1. The second-order valence-corrected chi connectivity index (χ2v) is 7.36. The molecule has 2 N–H and O–H groups in total. The molecule has 0 bridgehead atoms. The largest absolute Gasteiger partial charge is 0.508 e. The van der Waals surface area contributed by atoms with Gasteiger partial charge in [-0.3, -0.25) is 4.79 Å². The maximum Gasteiger partial charge on any atom is 0.278 e. The third-order valence-electron chi connectivity index (χ3n) is 5.57. The summed E-state index contributed by atoms with van der Waals surface area (Å²) in [6.45, 7) is 8.89. The number of carbonyl (C=O) groups is 1. The van der Waals surface area contributed by atoms with Crippen LogP contribution in [0.2, 0.25) is 0 Å². The number of rotatable bonds is 3. The van der Waals surface area contributed by atoms with Gasteiger partial charge in [0.1, 0.15) is 5.75 Å².